The van der Waals surface area contributed by atoms with Crippen molar-refractivity contribution in [3.63, 3.8) is 0 Å². The minimum Gasteiger partial charge on any atom is -0.457 e. The lowest BCUT2D eigenvalue weighted by Gasteiger charge is -2.22. The Labute approximate surface area is 237 Å². The van der Waals surface area contributed by atoms with Gasteiger partial charge in [-0.05, 0) is 60.0 Å². The Hall–Kier alpha value is -3.69. The molecule has 0 bridgehead atoms. The van der Waals surface area contributed by atoms with E-state index < -0.39 is 22.5 Å². The highest BCUT2D eigenvalue weighted by Gasteiger charge is 2.29. The lowest BCUT2D eigenvalue weighted by molar-refractivity contribution is -0.121. The molecule has 0 aliphatic heterocycles. The number of nitrogens with one attached hydrogen (secondary N) is 1. The van der Waals surface area contributed by atoms with Crippen LogP contribution in [0.1, 0.15) is 11.1 Å². The number of halogens is 2. The Morgan fingerprint density at radius 2 is 1.56 bits per heavy atom. The fourth-order valence-electron chi connectivity index (χ4n) is 3.65. The van der Waals surface area contributed by atoms with Crippen LogP contribution in [0, 0.1) is 0 Å². The molecule has 4 rings (SSSR count). The topological polar surface area (TPSA) is 88.1 Å². The lowest BCUT2D eigenvalue weighted by atomic mass is 10.1. The number of hydrogen-bond acceptors (Lipinski definition) is 5. The molecule has 0 aliphatic rings. The van der Waals surface area contributed by atoms with Crippen LogP contribution in [0.25, 0.3) is 0 Å². The average molecular weight is 583 g/mol. The fraction of sp³-hybridized carbons (Fsp3) is 0.103. The molecule has 39 heavy (non-hydrogen) atoms. The summed E-state index contributed by atoms with van der Waals surface area (Å²) in [4.78, 5) is 12.6. The van der Waals surface area contributed by atoms with Gasteiger partial charge in [-0.1, -0.05) is 83.9 Å². The van der Waals surface area contributed by atoms with E-state index >= 15 is 0 Å². The summed E-state index contributed by atoms with van der Waals surface area (Å²) in [6, 6.07) is 30.1. The summed E-state index contributed by atoms with van der Waals surface area (Å²) in [6.45, 7) is -0.419. The molecule has 0 fully saturated rings. The molecule has 0 aliphatic carbocycles. The first-order valence-electron chi connectivity index (χ1n) is 12.0. The van der Waals surface area contributed by atoms with E-state index in [-0.39, 0.29) is 21.5 Å². The van der Waals surface area contributed by atoms with Crippen molar-refractivity contribution < 1.29 is 17.9 Å². The predicted molar refractivity (Wildman–Crippen MR) is 154 cm³/mol. The van der Waals surface area contributed by atoms with Crippen molar-refractivity contribution in [1.82, 2.24) is 9.73 Å². The number of sulfonamides is 1. The summed E-state index contributed by atoms with van der Waals surface area (Å²) in [6.07, 6.45) is 1.84. The van der Waals surface area contributed by atoms with Gasteiger partial charge in [0.15, 0.2) is 0 Å². The van der Waals surface area contributed by atoms with Crippen molar-refractivity contribution >= 4 is 45.3 Å². The van der Waals surface area contributed by atoms with Crippen molar-refractivity contribution in [2.75, 3.05) is 13.1 Å². The summed E-state index contributed by atoms with van der Waals surface area (Å²) in [5, 5.41) is 4.23. The molecule has 0 saturated carbocycles. The number of para-hydroxylation sites is 1. The third-order valence-corrected chi connectivity index (χ3v) is 8.13. The van der Waals surface area contributed by atoms with Crippen LogP contribution in [-0.4, -0.2) is 37.9 Å². The van der Waals surface area contributed by atoms with Gasteiger partial charge in [-0.3, -0.25) is 4.79 Å². The zero-order valence-corrected chi connectivity index (χ0v) is 23.0. The molecule has 1 N–H and O–H groups in total. The van der Waals surface area contributed by atoms with E-state index in [1.54, 1.807) is 24.3 Å². The number of benzene rings is 4. The number of nitrogens with zero attached hydrogens (tertiary/aromatic N) is 2. The van der Waals surface area contributed by atoms with E-state index in [1.165, 1.54) is 24.4 Å². The predicted octanol–water partition coefficient (Wildman–Crippen LogP) is 6.17. The number of carbonyl (C=O) groups excluding carboxylic acids is 1. The summed E-state index contributed by atoms with van der Waals surface area (Å²) >= 11 is 12.2. The first kappa shape index (κ1) is 28.3. The van der Waals surface area contributed by atoms with Crippen molar-refractivity contribution in [1.29, 1.82) is 0 Å². The molecule has 0 saturated heterocycles. The largest absolute Gasteiger partial charge is 0.457 e. The van der Waals surface area contributed by atoms with Gasteiger partial charge in [0.2, 0.25) is 10.0 Å². The Morgan fingerprint density at radius 3 is 2.31 bits per heavy atom. The van der Waals surface area contributed by atoms with E-state index in [1.807, 2.05) is 60.7 Å². The number of amides is 1. The van der Waals surface area contributed by atoms with Crippen molar-refractivity contribution in [2.24, 2.45) is 5.10 Å². The normalized spacial score (nSPS) is 11.6. The number of ether oxygens (including phenoxy) is 1. The van der Waals surface area contributed by atoms with Crippen LogP contribution in [0.2, 0.25) is 10.0 Å². The molecule has 10 heteroatoms. The van der Waals surface area contributed by atoms with Crippen LogP contribution in [0.15, 0.2) is 113 Å². The van der Waals surface area contributed by atoms with Crippen LogP contribution in [-0.2, 0) is 21.2 Å². The second-order valence-electron chi connectivity index (χ2n) is 8.43. The van der Waals surface area contributed by atoms with Gasteiger partial charge >= 0.3 is 0 Å². The number of hydrogen-bond donors (Lipinski definition) is 1. The molecular formula is C29H25Cl2N3O4S. The zero-order valence-electron chi connectivity index (χ0n) is 20.7. The molecule has 1 amide bonds. The third-order valence-electron chi connectivity index (χ3n) is 5.56. The van der Waals surface area contributed by atoms with Gasteiger partial charge in [-0.15, -0.1) is 0 Å². The van der Waals surface area contributed by atoms with E-state index in [0.717, 1.165) is 9.87 Å². The Bertz CT molecular complexity index is 1550. The van der Waals surface area contributed by atoms with Crippen molar-refractivity contribution in [3.05, 3.63) is 124 Å². The van der Waals surface area contributed by atoms with Gasteiger partial charge in [-0.2, -0.15) is 9.41 Å². The highest BCUT2D eigenvalue weighted by molar-refractivity contribution is 7.89. The van der Waals surface area contributed by atoms with E-state index in [9.17, 15) is 13.2 Å². The quantitative estimate of drug-likeness (QED) is 0.169. The van der Waals surface area contributed by atoms with Gasteiger partial charge in [0.1, 0.15) is 16.4 Å². The minimum atomic E-state index is -4.14. The number of hydrazone groups is 1. The standard InChI is InChI=1S/C29H25Cl2N3O4S/c30-24-14-15-27(31)28(19-24)39(36,37)34(17-16-22-8-3-1-4-9-22)21-29(35)33-32-20-23-10-7-13-26(18-23)38-25-11-5-2-6-12-25/h1-15,18-20H,16-17,21H2,(H,33,35)/b32-20-. The van der Waals surface area contributed by atoms with Crippen LogP contribution in [0.4, 0.5) is 0 Å². The molecule has 0 radical (unpaired) electrons. The Balaban J connectivity index is 1.46. The monoisotopic (exact) mass is 581 g/mol. The molecule has 0 spiro atoms. The molecule has 7 nitrogen and oxygen atoms in total. The van der Waals surface area contributed by atoms with Crippen LogP contribution in [0.5, 0.6) is 11.5 Å². The van der Waals surface area contributed by atoms with Gasteiger partial charge in [-0.25, -0.2) is 13.8 Å². The second kappa shape index (κ2) is 13.4. The number of rotatable bonds is 11. The maximum atomic E-state index is 13.5. The summed E-state index contributed by atoms with van der Waals surface area (Å²) in [5.41, 5.74) is 4.01. The average Bonchev–Trinajstić information content (AvgIpc) is 2.93. The van der Waals surface area contributed by atoms with Gasteiger partial charge in [0, 0.05) is 11.6 Å². The highest BCUT2D eigenvalue weighted by Crippen LogP contribution is 2.28. The molecule has 4 aromatic rings. The van der Waals surface area contributed by atoms with Gasteiger partial charge < -0.3 is 4.74 Å². The Kier molecular flexibility index (Phi) is 9.73. The van der Waals surface area contributed by atoms with Gasteiger partial charge in [0.25, 0.3) is 5.91 Å². The van der Waals surface area contributed by atoms with Crippen molar-refractivity contribution in [2.45, 2.75) is 11.3 Å². The molecule has 0 atom stereocenters. The van der Waals surface area contributed by atoms with E-state index in [4.69, 9.17) is 27.9 Å². The molecule has 200 valence electrons. The smallest absolute Gasteiger partial charge is 0.255 e. The summed E-state index contributed by atoms with van der Waals surface area (Å²) in [5.74, 6) is 0.683. The molecule has 4 aromatic carbocycles. The first-order chi connectivity index (χ1) is 18.8. The zero-order chi connectivity index (χ0) is 27.7. The van der Waals surface area contributed by atoms with E-state index in [2.05, 4.69) is 10.5 Å². The van der Waals surface area contributed by atoms with E-state index in [0.29, 0.717) is 23.5 Å². The van der Waals surface area contributed by atoms with Crippen LogP contribution < -0.4 is 10.2 Å². The minimum absolute atomic E-state index is 0.0140. The van der Waals surface area contributed by atoms with Crippen molar-refractivity contribution in [3.8, 4) is 11.5 Å². The maximum absolute atomic E-state index is 13.5. The highest BCUT2D eigenvalue weighted by atomic mass is 35.5. The Morgan fingerprint density at radius 1 is 0.872 bits per heavy atom. The molecule has 0 unspecified atom stereocenters. The summed E-state index contributed by atoms with van der Waals surface area (Å²) < 4.78 is 33.9. The first-order valence-corrected chi connectivity index (χ1v) is 14.1. The third kappa shape index (κ3) is 8.15. The molecule has 0 heterocycles. The van der Waals surface area contributed by atoms with Crippen LogP contribution >= 0.6 is 23.2 Å². The van der Waals surface area contributed by atoms with Gasteiger partial charge in [0.05, 0.1) is 17.8 Å². The summed E-state index contributed by atoms with van der Waals surface area (Å²) in [7, 11) is -4.14. The second-order valence-corrected chi connectivity index (χ2v) is 11.2. The SMILES string of the molecule is O=C(CN(CCc1ccccc1)S(=O)(=O)c1cc(Cl)ccc1Cl)N/N=C\c1cccc(Oc2ccccc2)c1. The fourth-order valence-corrected chi connectivity index (χ4v) is 5.79. The number of carbonyl (C=O) groups is 1. The maximum Gasteiger partial charge on any atom is 0.255 e. The lowest BCUT2D eigenvalue weighted by Crippen LogP contribution is -2.40. The molecular weight excluding hydrogens is 557 g/mol. The molecule has 0 aromatic heterocycles. The van der Waals surface area contributed by atoms with Crippen LogP contribution in [0.3, 0.4) is 0 Å².